The molecule has 0 aliphatic heterocycles. The second-order valence-electron chi connectivity index (χ2n) is 16.6. The second kappa shape index (κ2) is 27.5. The SMILES string of the molecule is [Cl][Fe][Cl].[Cl][Fe][Cl].c1ccc2nc(CN[C@H]3CCCC[C@@H]3NCc3ccc4ccccc4n3)ccc2c1.c1ccc2nc(CN[C@H]3CCCC[C@@H]3NCc3ccc4ccccc4n3)ccc2c1. The summed E-state index contributed by atoms with van der Waals surface area (Å²) in [4.78, 5) is 19.3. The van der Waals surface area contributed by atoms with E-state index in [-0.39, 0.29) is 26.3 Å². The van der Waals surface area contributed by atoms with Gasteiger partial charge in [0.15, 0.2) is 0 Å². The summed E-state index contributed by atoms with van der Waals surface area (Å²) in [6, 6.07) is 52.3. The Morgan fingerprint density at radius 1 is 0.333 bits per heavy atom. The molecule has 2 fully saturated rings. The summed E-state index contributed by atoms with van der Waals surface area (Å²) in [5.74, 6) is 0. The van der Waals surface area contributed by atoms with E-state index in [1.165, 1.54) is 72.9 Å². The van der Waals surface area contributed by atoms with Crippen LogP contribution in [0.2, 0.25) is 0 Å². The summed E-state index contributed by atoms with van der Waals surface area (Å²) in [7, 11) is 19.1. The molecule has 4 aromatic heterocycles. The van der Waals surface area contributed by atoms with Crippen molar-refractivity contribution in [1.29, 1.82) is 0 Å². The zero-order valence-electron chi connectivity index (χ0n) is 36.7. The molecule has 0 unspecified atom stereocenters. The number of hydrogen-bond acceptors (Lipinski definition) is 8. The van der Waals surface area contributed by atoms with Crippen LogP contribution in [0.25, 0.3) is 43.6 Å². The fourth-order valence-electron chi connectivity index (χ4n) is 9.01. The van der Waals surface area contributed by atoms with E-state index in [1.54, 1.807) is 0 Å². The quantitative estimate of drug-likeness (QED) is 0.0898. The van der Waals surface area contributed by atoms with Crippen molar-refractivity contribution in [3.63, 3.8) is 0 Å². The third-order valence-corrected chi connectivity index (χ3v) is 12.3. The molecule has 66 heavy (non-hydrogen) atoms. The summed E-state index contributed by atoms with van der Waals surface area (Å²) in [5.41, 5.74) is 8.69. The van der Waals surface area contributed by atoms with Crippen LogP contribution in [0.15, 0.2) is 146 Å². The van der Waals surface area contributed by atoms with E-state index in [2.05, 4.69) is 167 Å². The summed E-state index contributed by atoms with van der Waals surface area (Å²) >= 11 is 0.389. The van der Waals surface area contributed by atoms with Crippen LogP contribution in [0.5, 0.6) is 0 Å². The van der Waals surface area contributed by atoms with Crippen molar-refractivity contribution >= 4 is 84.0 Å². The molecule has 2 aliphatic carbocycles. The standard InChI is InChI=1S/2C26H28N4.4ClH.2Fe/c2*1-3-9-23-19(7-1)13-15-21(29-23)17-27-25-11-5-6-12-26(25)28-18-22-16-14-20-8-2-4-10-24(20)30-22;;;;;;/h2*1-4,7-10,13-16,25-28H,5-6,11-12,17-18H2;4*1H;;/q;;;;;;2*+2/p-4/t2*25-,26-;;;;;;/m00....../s1. The van der Waals surface area contributed by atoms with Gasteiger partial charge in [0.1, 0.15) is 0 Å². The minimum absolute atomic E-state index is 0.194. The topological polar surface area (TPSA) is 99.7 Å². The van der Waals surface area contributed by atoms with Crippen LogP contribution < -0.4 is 21.3 Å². The fraction of sp³-hybridized carbons (Fsp3) is 0.308. The van der Waals surface area contributed by atoms with Gasteiger partial charge in [-0.2, -0.15) is 0 Å². The molecule has 10 rings (SSSR count). The Morgan fingerprint density at radius 2 is 0.545 bits per heavy atom. The summed E-state index contributed by atoms with van der Waals surface area (Å²) in [5, 5.41) is 19.9. The van der Waals surface area contributed by atoms with Crippen molar-refractivity contribution in [2.45, 2.75) is 102 Å². The number of pyridine rings is 4. The second-order valence-corrected chi connectivity index (χ2v) is 20.2. The Morgan fingerprint density at radius 3 is 0.773 bits per heavy atom. The molecule has 2 saturated carbocycles. The van der Waals surface area contributed by atoms with Crippen molar-refractivity contribution in [3.05, 3.63) is 168 Å². The first-order chi connectivity index (χ1) is 32.5. The van der Waals surface area contributed by atoms with Gasteiger partial charge in [-0.15, -0.1) is 0 Å². The van der Waals surface area contributed by atoms with Crippen LogP contribution in [0.1, 0.15) is 74.1 Å². The van der Waals surface area contributed by atoms with E-state index in [0.29, 0.717) is 24.2 Å². The molecule has 0 bridgehead atoms. The molecule has 348 valence electrons. The summed E-state index contributed by atoms with van der Waals surface area (Å²) < 4.78 is 0. The Balaban J connectivity index is 0.000000176. The van der Waals surface area contributed by atoms with Crippen molar-refractivity contribution in [2.75, 3.05) is 0 Å². The molecule has 0 spiro atoms. The van der Waals surface area contributed by atoms with E-state index < -0.39 is 0 Å². The van der Waals surface area contributed by atoms with Gasteiger partial charge in [0, 0.05) is 71.9 Å². The smallest absolute Gasteiger partial charge is 0.0705 e. The zero-order valence-corrected chi connectivity index (χ0v) is 41.9. The van der Waals surface area contributed by atoms with Gasteiger partial charge in [-0.05, 0) is 74.2 Å². The molecule has 4 atom stereocenters. The number of halogens is 4. The van der Waals surface area contributed by atoms with Crippen molar-refractivity contribution in [2.24, 2.45) is 0 Å². The number of para-hydroxylation sites is 4. The van der Waals surface area contributed by atoms with Gasteiger partial charge >= 0.3 is 66.7 Å². The summed E-state index contributed by atoms with van der Waals surface area (Å²) in [6.45, 7) is 3.23. The Kier molecular flexibility index (Phi) is 21.0. The van der Waals surface area contributed by atoms with Crippen LogP contribution >= 0.6 is 40.4 Å². The largest absolute Gasteiger partial charge is 0.307 e. The number of hydrogen-bond donors (Lipinski definition) is 4. The third kappa shape index (κ3) is 15.3. The fourth-order valence-corrected chi connectivity index (χ4v) is 9.01. The first kappa shape index (κ1) is 50.4. The van der Waals surface area contributed by atoms with Crippen molar-refractivity contribution in [1.82, 2.24) is 41.2 Å². The van der Waals surface area contributed by atoms with E-state index in [0.717, 1.165) is 71.0 Å². The first-order valence-electron chi connectivity index (χ1n) is 22.6. The van der Waals surface area contributed by atoms with Gasteiger partial charge in [0.2, 0.25) is 0 Å². The van der Waals surface area contributed by atoms with Gasteiger partial charge in [-0.3, -0.25) is 19.9 Å². The van der Waals surface area contributed by atoms with Gasteiger partial charge in [0.05, 0.1) is 44.8 Å². The average Bonchev–Trinajstić information content (AvgIpc) is 3.37. The molecule has 0 amide bonds. The molecule has 14 heteroatoms. The van der Waals surface area contributed by atoms with Gasteiger partial charge in [0.25, 0.3) is 0 Å². The molecule has 0 saturated heterocycles. The Hall–Kier alpha value is -3.44. The van der Waals surface area contributed by atoms with Gasteiger partial charge < -0.3 is 21.3 Å². The number of nitrogens with one attached hydrogen (secondary N) is 4. The maximum absolute atomic E-state index is 4.81. The average molecular weight is 1050 g/mol. The predicted molar refractivity (Wildman–Crippen MR) is 270 cm³/mol. The summed E-state index contributed by atoms with van der Waals surface area (Å²) in [6.07, 6.45) is 9.97. The van der Waals surface area contributed by atoms with Crippen LogP contribution in [-0.4, -0.2) is 44.1 Å². The number of fused-ring (bicyclic) bond motifs is 4. The number of nitrogens with zero attached hydrogens (tertiary/aromatic N) is 4. The number of benzene rings is 4. The van der Waals surface area contributed by atoms with E-state index in [1.807, 2.05) is 0 Å². The normalized spacial score (nSPS) is 18.2. The molecule has 4 heterocycles. The zero-order chi connectivity index (χ0) is 45.8. The van der Waals surface area contributed by atoms with Crippen LogP contribution in [-0.2, 0) is 52.4 Å². The van der Waals surface area contributed by atoms with E-state index in [9.17, 15) is 0 Å². The number of rotatable bonds is 12. The Labute approximate surface area is 418 Å². The molecular weight excluding hydrogens is 990 g/mol. The van der Waals surface area contributed by atoms with E-state index in [4.69, 9.17) is 60.3 Å². The first-order valence-corrected chi connectivity index (χ1v) is 28.6. The Bertz CT molecular complexity index is 2350. The van der Waals surface area contributed by atoms with Crippen LogP contribution in [0.3, 0.4) is 0 Å². The van der Waals surface area contributed by atoms with Crippen molar-refractivity contribution < 1.29 is 26.3 Å². The molecule has 2 aliphatic rings. The maximum atomic E-state index is 4.81. The predicted octanol–water partition coefficient (Wildman–Crippen LogP) is 12.7. The maximum Gasteiger partial charge on any atom is 0.0705 e. The van der Waals surface area contributed by atoms with E-state index >= 15 is 0 Å². The minimum atomic E-state index is 0.194. The molecule has 8 aromatic rings. The third-order valence-electron chi connectivity index (χ3n) is 12.3. The van der Waals surface area contributed by atoms with Gasteiger partial charge in [-0.1, -0.05) is 123 Å². The van der Waals surface area contributed by atoms with Crippen LogP contribution in [0.4, 0.5) is 0 Å². The molecule has 4 N–H and O–H groups in total. The molecule has 4 aromatic carbocycles. The monoisotopic (exact) mass is 1040 g/mol. The van der Waals surface area contributed by atoms with Crippen LogP contribution in [0, 0.1) is 0 Å². The molecular formula is C52H56Cl4Fe2N8. The van der Waals surface area contributed by atoms with Gasteiger partial charge in [-0.25, -0.2) is 0 Å². The molecule has 8 nitrogen and oxygen atoms in total. The number of aromatic nitrogens is 4. The molecule has 0 radical (unpaired) electrons. The van der Waals surface area contributed by atoms with Crippen molar-refractivity contribution in [3.8, 4) is 0 Å². The minimum Gasteiger partial charge on any atom is -0.307 e.